The van der Waals surface area contributed by atoms with Crippen LogP contribution in [0, 0.1) is 12.0 Å². The third kappa shape index (κ3) is 4.85. The average Bonchev–Trinajstić information content (AvgIpc) is 3.03. The minimum absolute atomic E-state index is 0.223. The highest BCUT2D eigenvalue weighted by molar-refractivity contribution is 5.52. The molecule has 0 atom stereocenters. The molecule has 1 aliphatic heterocycles. The summed E-state index contributed by atoms with van der Waals surface area (Å²) in [6.07, 6.45) is 5.73. The first-order valence-electron chi connectivity index (χ1n) is 8.44. The van der Waals surface area contributed by atoms with E-state index in [1.807, 2.05) is 12.1 Å². The number of piperidine rings is 1. The lowest BCUT2D eigenvalue weighted by Gasteiger charge is -2.35. The van der Waals surface area contributed by atoms with Crippen molar-refractivity contribution in [2.24, 2.45) is 5.41 Å². The summed E-state index contributed by atoms with van der Waals surface area (Å²) in [5, 5.41) is 4.00. The number of hydrogen-bond donors (Lipinski definition) is 0. The van der Waals surface area contributed by atoms with Crippen LogP contribution in [0.2, 0.25) is 0 Å². The fourth-order valence-electron chi connectivity index (χ4n) is 2.84. The maximum atomic E-state index is 5.95. The molecule has 0 amide bonds. The molecule has 0 saturated carbocycles. The molecule has 0 aromatic carbocycles. The topological polar surface area (TPSA) is 64.3 Å². The number of rotatable bonds is 5. The Hall–Kier alpha value is -1.79. The van der Waals surface area contributed by atoms with Gasteiger partial charge in [-0.3, -0.25) is 9.88 Å². The summed E-state index contributed by atoms with van der Waals surface area (Å²) in [5.41, 5.74) is 1.12. The van der Waals surface area contributed by atoms with Crippen LogP contribution in [-0.4, -0.2) is 39.2 Å². The van der Waals surface area contributed by atoms with Gasteiger partial charge in [-0.1, -0.05) is 25.9 Å². The van der Waals surface area contributed by atoms with E-state index in [2.05, 4.69) is 47.3 Å². The molecule has 0 bridgehead atoms. The van der Waals surface area contributed by atoms with Crippen molar-refractivity contribution in [3.05, 3.63) is 37.0 Å². The molecular formula is C18H25N4O2. The predicted molar refractivity (Wildman–Crippen MR) is 90.7 cm³/mol. The first-order valence-corrected chi connectivity index (χ1v) is 8.44. The number of ether oxygens (including phenoxy) is 1. The number of pyridine rings is 1. The minimum atomic E-state index is 0.223. The molecule has 3 heterocycles. The quantitative estimate of drug-likeness (QED) is 0.838. The van der Waals surface area contributed by atoms with Crippen molar-refractivity contribution >= 4 is 0 Å². The van der Waals surface area contributed by atoms with E-state index >= 15 is 0 Å². The second-order valence-electron chi connectivity index (χ2n) is 7.29. The molecule has 1 radical (unpaired) electrons. The molecule has 2 aromatic rings. The maximum Gasteiger partial charge on any atom is 0.252 e. The Bertz CT molecular complexity index is 628. The number of likely N-dealkylation sites (tertiary alicyclic amines) is 1. The lowest BCUT2D eigenvalue weighted by atomic mass is 9.94. The largest absolute Gasteiger partial charge is 0.368 e. The van der Waals surface area contributed by atoms with E-state index < -0.39 is 0 Å². The lowest BCUT2D eigenvalue weighted by molar-refractivity contribution is -0.0106. The maximum absolute atomic E-state index is 5.95. The third-order valence-corrected chi connectivity index (χ3v) is 3.90. The van der Waals surface area contributed by atoms with Gasteiger partial charge in [-0.05, 0) is 30.4 Å². The van der Waals surface area contributed by atoms with Crippen LogP contribution in [0.3, 0.4) is 0 Å². The third-order valence-electron chi connectivity index (χ3n) is 3.90. The molecule has 1 fully saturated rings. The van der Waals surface area contributed by atoms with Crippen molar-refractivity contribution in [1.29, 1.82) is 0 Å². The molecule has 1 aliphatic rings. The normalized spacial score (nSPS) is 17.3. The van der Waals surface area contributed by atoms with Crippen LogP contribution >= 0.6 is 0 Å². The molecule has 0 aliphatic carbocycles. The van der Waals surface area contributed by atoms with Gasteiger partial charge in [-0.15, -0.1) is 0 Å². The van der Waals surface area contributed by atoms with Crippen LogP contribution in [0.15, 0.2) is 29.0 Å². The van der Waals surface area contributed by atoms with Gasteiger partial charge in [0.05, 0.1) is 6.10 Å². The van der Waals surface area contributed by atoms with Crippen LogP contribution in [0.5, 0.6) is 0 Å². The molecule has 0 unspecified atom stereocenters. The SMILES string of the molecule is CC(C)(C)[CH]N1CCC(OCc2nc(-c3ccncc3)no2)CC1. The van der Waals surface area contributed by atoms with Crippen LogP contribution in [0.25, 0.3) is 11.4 Å². The first kappa shape index (κ1) is 17.0. The second kappa shape index (κ2) is 7.40. The summed E-state index contributed by atoms with van der Waals surface area (Å²) in [5.74, 6) is 1.09. The molecule has 1 saturated heterocycles. The average molecular weight is 329 g/mol. The van der Waals surface area contributed by atoms with Crippen LogP contribution < -0.4 is 0 Å². The summed E-state index contributed by atoms with van der Waals surface area (Å²) in [7, 11) is 0. The summed E-state index contributed by atoms with van der Waals surface area (Å²) in [6.45, 7) is 11.4. The van der Waals surface area contributed by atoms with Gasteiger partial charge in [0.1, 0.15) is 6.61 Å². The van der Waals surface area contributed by atoms with E-state index in [0.717, 1.165) is 31.5 Å². The van der Waals surface area contributed by atoms with Crippen molar-refractivity contribution in [3.63, 3.8) is 0 Å². The molecular weight excluding hydrogens is 304 g/mol. The molecule has 0 N–H and O–H groups in total. The summed E-state index contributed by atoms with van der Waals surface area (Å²) in [4.78, 5) is 10.8. The van der Waals surface area contributed by atoms with E-state index in [1.54, 1.807) is 12.4 Å². The molecule has 6 nitrogen and oxygen atoms in total. The highest BCUT2D eigenvalue weighted by Crippen LogP contribution is 2.24. The predicted octanol–water partition coefficient (Wildman–Crippen LogP) is 3.32. The van der Waals surface area contributed by atoms with E-state index in [1.165, 1.54) is 0 Å². The first-order chi connectivity index (χ1) is 11.5. The number of nitrogens with zero attached hydrogens (tertiary/aromatic N) is 4. The van der Waals surface area contributed by atoms with E-state index in [9.17, 15) is 0 Å². The zero-order valence-corrected chi connectivity index (χ0v) is 14.6. The molecule has 3 rings (SSSR count). The summed E-state index contributed by atoms with van der Waals surface area (Å²) < 4.78 is 11.2. The van der Waals surface area contributed by atoms with Gasteiger partial charge in [0, 0.05) is 37.6 Å². The Morgan fingerprint density at radius 1 is 1.25 bits per heavy atom. The van der Waals surface area contributed by atoms with Crippen molar-refractivity contribution in [1.82, 2.24) is 20.0 Å². The van der Waals surface area contributed by atoms with Crippen molar-refractivity contribution in [2.45, 2.75) is 46.3 Å². The monoisotopic (exact) mass is 329 g/mol. The van der Waals surface area contributed by atoms with Gasteiger partial charge in [0.15, 0.2) is 0 Å². The minimum Gasteiger partial charge on any atom is -0.368 e. The molecule has 0 spiro atoms. The standard InChI is InChI=1S/C18H25N4O2/c1-18(2,3)13-22-10-6-15(7-11-22)23-12-16-20-17(21-24-16)14-4-8-19-9-5-14/h4-5,8-9,13,15H,6-7,10-12H2,1-3H3. The van der Waals surface area contributed by atoms with Crippen molar-refractivity contribution in [3.8, 4) is 11.4 Å². The van der Waals surface area contributed by atoms with E-state index in [-0.39, 0.29) is 11.5 Å². The van der Waals surface area contributed by atoms with E-state index in [4.69, 9.17) is 9.26 Å². The van der Waals surface area contributed by atoms with Gasteiger partial charge in [-0.2, -0.15) is 4.98 Å². The fraction of sp³-hybridized carbons (Fsp3) is 0.556. The zero-order chi connectivity index (χ0) is 17.0. The van der Waals surface area contributed by atoms with Crippen LogP contribution in [-0.2, 0) is 11.3 Å². The highest BCUT2D eigenvalue weighted by atomic mass is 16.5. The number of hydrogen-bond acceptors (Lipinski definition) is 6. The van der Waals surface area contributed by atoms with E-state index in [0.29, 0.717) is 18.3 Å². The lowest BCUT2D eigenvalue weighted by Crippen LogP contribution is -2.38. The summed E-state index contributed by atoms with van der Waals surface area (Å²) >= 11 is 0. The van der Waals surface area contributed by atoms with Crippen molar-refractivity contribution < 1.29 is 9.26 Å². The molecule has 6 heteroatoms. The van der Waals surface area contributed by atoms with Gasteiger partial charge in [-0.25, -0.2) is 0 Å². The molecule has 2 aromatic heterocycles. The van der Waals surface area contributed by atoms with Gasteiger partial charge in [0.25, 0.3) is 5.89 Å². The number of aromatic nitrogens is 3. The Morgan fingerprint density at radius 3 is 2.62 bits per heavy atom. The summed E-state index contributed by atoms with van der Waals surface area (Å²) in [6, 6.07) is 3.72. The van der Waals surface area contributed by atoms with Crippen LogP contribution in [0.4, 0.5) is 0 Å². The molecule has 24 heavy (non-hydrogen) atoms. The fourth-order valence-corrected chi connectivity index (χ4v) is 2.84. The Kier molecular flexibility index (Phi) is 5.26. The zero-order valence-electron chi connectivity index (χ0n) is 14.6. The second-order valence-corrected chi connectivity index (χ2v) is 7.29. The van der Waals surface area contributed by atoms with Crippen molar-refractivity contribution in [2.75, 3.05) is 13.1 Å². The van der Waals surface area contributed by atoms with Gasteiger partial charge in [0.2, 0.25) is 5.82 Å². The van der Waals surface area contributed by atoms with Gasteiger partial charge < -0.3 is 9.26 Å². The Balaban J connectivity index is 1.45. The smallest absolute Gasteiger partial charge is 0.252 e. The molecule has 129 valence electrons. The Morgan fingerprint density at radius 2 is 1.96 bits per heavy atom. The van der Waals surface area contributed by atoms with Crippen LogP contribution in [0.1, 0.15) is 39.5 Å². The highest BCUT2D eigenvalue weighted by Gasteiger charge is 2.24. The Labute approximate surface area is 143 Å². The van der Waals surface area contributed by atoms with Gasteiger partial charge >= 0.3 is 0 Å².